The smallest absolute Gasteiger partial charge is 0.309 e. The maximum Gasteiger partial charge on any atom is 0.309 e. The zero-order valence-corrected chi connectivity index (χ0v) is 16.8. The van der Waals surface area contributed by atoms with Gasteiger partial charge in [-0.25, -0.2) is 4.39 Å². The first-order valence-electron chi connectivity index (χ1n) is 9.53. The maximum atomic E-state index is 13.3. The summed E-state index contributed by atoms with van der Waals surface area (Å²) < 4.78 is 18.1. The molecule has 0 saturated carbocycles. The molecule has 0 aromatic heterocycles. The van der Waals surface area contributed by atoms with Crippen molar-refractivity contribution in [3.05, 3.63) is 35.6 Å². The highest BCUT2D eigenvalue weighted by Gasteiger charge is 2.28. The van der Waals surface area contributed by atoms with Crippen LogP contribution in [0.4, 0.5) is 4.39 Å². The van der Waals surface area contributed by atoms with Gasteiger partial charge >= 0.3 is 5.97 Å². The number of halogens is 1. The van der Waals surface area contributed by atoms with E-state index in [-0.39, 0.29) is 41.6 Å². The number of carbonyl (C=O) groups is 2. The topological polar surface area (TPSA) is 58.6 Å². The van der Waals surface area contributed by atoms with E-state index in [2.05, 4.69) is 26.1 Å². The molecule has 6 heteroatoms. The van der Waals surface area contributed by atoms with Crippen molar-refractivity contribution in [1.29, 1.82) is 0 Å². The molecule has 0 spiro atoms. The molecule has 1 heterocycles. The highest BCUT2D eigenvalue weighted by atomic mass is 19.1. The molecule has 5 nitrogen and oxygen atoms in total. The zero-order chi connectivity index (χ0) is 20.0. The van der Waals surface area contributed by atoms with Crippen LogP contribution in [-0.4, -0.2) is 43.5 Å². The van der Waals surface area contributed by atoms with Crippen LogP contribution in [0.1, 0.15) is 51.6 Å². The predicted molar refractivity (Wildman–Crippen MR) is 103 cm³/mol. The molecule has 1 fully saturated rings. The Hall–Kier alpha value is -1.95. The minimum atomic E-state index is -0.290. The Morgan fingerprint density at radius 3 is 2.56 bits per heavy atom. The van der Waals surface area contributed by atoms with Gasteiger partial charge in [-0.3, -0.25) is 14.5 Å². The number of likely N-dealkylation sites (tertiary alicyclic amines) is 1. The first-order valence-corrected chi connectivity index (χ1v) is 9.53. The van der Waals surface area contributed by atoms with Crippen LogP contribution in [-0.2, 0) is 14.3 Å². The highest BCUT2D eigenvalue weighted by molar-refractivity contribution is 5.79. The lowest BCUT2D eigenvalue weighted by Gasteiger charge is -2.32. The van der Waals surface area contributed by atoms with Crippen molar-refractivity contribution in [3.8, 4) is 0 Å². The van der Waals surface area contributed by atoms with E-state index < -0.39 is 0 Å². The molecule has 1 amide bonds. The molecule has 1 saturated heterocycles. The van der Waals surface area contributed by atoms with Gasteiger partial charge in [-0.2, -0.15) is 0 Å². The number of methoxy groups -OCH3 is 1. The maximum absolute atomic E-state index is 13.3. The number of piperidine rings is 1. The van der Waals surface area contributed by atoms with Crippen molar-refractivity contribution in [2.24, 2.45) is 11.3 Å². The van der Waals surface area contributed by atoms with Crippen molar-refractivity contribution >= 4 is 11.9 Å². The Kier molecular flexibility index (Phi) is 7.36. The van der Waals surface area contributed by atoms with E-state index in [0.29, 0.717) is 6.54 Å². The first kappa shape index (κ1) is 21.4. The zero-order valence-electron chi connectivity index (χ0n) is 16.8. The van der Waals surface area contributed by atoms with Crippen LogP contribution in [0.15, 0.2) is 24.3 Å². The van der Waals surface area contributed by atoms with Gasteiger partial charge in [-0.15, -0.1) is 0 Å². The number of hydrogen-bond acceptors (Lipinski definition) is 4. The van der Waals surface area contributed by atoms with Gasteiger partial charge in [0.15, 0.2) is 0 Å². The van der Waals surface area contributed by atoms with Crippen LogP contribution < -0.4 is 5.32 Å². The number of carbonyl (C=O) groups excluding carboxylic acids is 2. The summed E-state index contributed by atoms with van der Waals surface area (Å²) in [7, 11) is 1.40. The quantitative estimate of drug-likeness (QED) is 0.772. The van der Waals surface area contributed by atoms with Crippen LogP contribution in [0, 0.1) is 17.2 Å². The Morgan fingerprint density at radius 1 is 1.30 bits per heavy atom. The Bertz CT molecular complexity index is 640. The molecule has 0 aliphatic carbocycles. The number of amides is 1. The second-order valence-corrected chi connectivity index (χ2v) is 8.53. The van der Waals surface area contributed by atoms with Crippen LogP contribution >= 0.6 is 0 Å². The van der Waals surface area contributed by atoms with Gasteiger partial charge in [0.2, 0.25) is 5.91 Å². The molecule has 1 aliphatic heterocycles. The fourth-order valence-corrected chi connectivity index (χ4v) is 3.56. The monoisotopic (exact) mass is 378 g/mol. The lowest BCUT2D eigenvalue weighted by Crippen LogP contribution is -2.45. The van der Waals surface area contributed by atoms with Crippen molar-refractivity contribution in [2.75, 3.05) is 26.7 Å². The van der Waals surface area contributed by atoms with Gasteiger partial charge in [0, 0.05) is 6.54 Å². The van der Waals surface area contributed by atoms with Gasteiger partial charge in [0.05, 0.1) is 25.6 Å². The molecular formula is C21H31FN2O3. The van der Waals surface area contributed by atoms with Gasteiger partial charge in [-0.1, -0.05) is 32.9 Å². The van der Waals surface area contributed by atoms with Crippen LogP contribution in [0.3, 0.4) is 0 Å². The average Bonchev–Trinajstić information content (AvgIpc) is 2.60. The summed E-state index contributed by atoms with van der Waals surface area (Å²) in [6.45, 7) is 7.92. The summed E-state index contributed by atoms with van der Waals surface area (Å²) >= 11 is 0. The molecule has 2 atom stereocenters. The molecular weight excluding hydrogens is 347 g/mol. The van der Waals surface area contributed by atoms with Gasteiger partial charge < -0.3 is 10.1 Å². The molecule has 0 bridgehead atoms. The Balaban J connectivity index is 2.00. The van der Waals surface area contributed by atoms with Crippen LogP contribution in [0.2, 0.25) is 0 Å². The lowest BCUT2D eigenvalue weighted by atomic mass is 9.85. The summed E-state index contributed by atoms with van der Waals surface area (Å²) in [4.78, 5) is 26.4. The standard InChI is InChI=1S/C21H31FN2O3/c1-21(2,3)12-18(15-7-9-17(22)10-8-15)23-19(25)14-24-11-5-6-16(13-24)20(26)27-4/h7-10,16,18H,5-6,11-14H2,1-4H3,(H,23,25). The fourth-order valence-electron chi connectivity index (χ4n) is 3.56. The molecule has 1 N–H and O–H groups in total. The molecule has 2 unspecified atom stereocenters. The fraction of sp³-hybridized carbons (Fsp3) is 0.619. The van der Waals surface area contributed by atoms with Crippen molar-refractivity contribution < 1.29 is 18.7 Å². The SMILES string of the molecule is COC(=O)C1CCCN(CC(=O)NC(CC(C)(C)C)c2ccc(F)cc2)C1. The largest absolute Gasteiger partial charge is 0.469 e. The molecule has 2 rings (SSSR count). The summed E-state index contributed by atoms with van der Waals surface area (Å²) in [6, 6.07) is 6.10. The summed E-state index contributed by atoms with van der Waals surface area (Å²) in [5.41, 5.74) is 0.902. The van der Waals surface area contributed by atoms with Gasteiger partial charge in [0.1, 0.15) is 5.82 Å². The van der Waals surface area contributed by atoms with E-state index in [1.807, 2.05) is 4.90 Å². The summed E-state index contributed by atoms with van der Waals surface area (Å²) in [6.07, 6.45) is 2.42. The number of nitrogens with one attached hydrogen (secondary N) is 1. The molecule has 0 radical (unpaired) electrons. The number of hydrogen-bond donors (Lipinski definition) is 1. The van der Waals surface area contributed by atoms with E-state index >= 15 is 0 Å². The van der Waals surface area contributed by atoms with E-state index in [0.717, 1.165) is 31.4 Å². The minimum absolute atomic E-state index is 0.00738. The van der Waals surface area contributed by atoms with Crippen molar-refractivity contribution in [3.63, 3.8) is 0 Å². The highest BCUT2D eigenvalue weighted by Crippen LogP contribution is 2.29. The molecule has 1 aromatic rings. The van der Waals surface area contributed by atoms with Crippen molar-refractivity contribution in [1.82, 2.24) is 10.2 Å². The number of benzene rings is 1. The number of ether oxygens (including phenoxy) is 1. The predicted octanol–water partition coefficient (Wildman–Crippen LogP) is 3.30. The van der Waals surface area contributed by atoms with Gasteiger partial charge in [-0.05, 0) is 48.9 Å². The van der Waals surface area contributed by atoms with E-state index in [1.54, 1.807) is 12.1 Å². The first-order chi connectivity index (χ1) is 12.7. The number of nitrogens with zero attached hydrogens (tertiary/aromatic N) is 1. The second kappa shape index (κ2) is 9.31. The van der Waals surface area contributed by atoms with Crippen LogP contribution in [0.5, 0.6) is 0 Å². The average molecular weight is 378 g/mol. The molecule has 1 aromatic carbocycles. The minimum Gasteiger partial charge on any atom is -0.469 e. The van der Waals surface area contributed by atoms with E-state index in [9.17, 15) is 14.0 Å². The summed E-state index contributed by atoms with van der Waals surface area (Å²) in [5.74, 6) is -0.753. The summed E-state index contributed by atoms with van der Waals surface area (Å²) in [5, 5.41) is 3.10. The third kappa shape index (κ3) is 6.94. The third-order valence-electron chi connectivity index (χ3n) is 4.83. The van der Waals surface area contributed by atoms with Crippen LogP contribution in [0.25, 0.3) is 0 Å². The molecule has 1 aliphatic rings. The normalized spacial score (nSPS) is 19.4. The third-order valence-corrected chi connectivity index (χ3v) is 4.83. The second-order valence-electron chi connectivity index (χ2n) is 8.53. The van der Waals surface area contributed by atoms with E-state index in [4.69, 9.17) is 4.74 Å². The molecule has 150 valence electrons. The Labute approximate surface area is 161 Å². The van der Waals surface area contributed by atoms with Gasteiger partial charge in [0.25, 0.3) is 0 Å². The molecule has 27 heavy (non-hydrogen) atoms. The number of rotatable bonds is 6. The Morgan fingerprint density at radius 2 is 1.96 bits per heavy atom. The van der Waals surface area contributed by atoms with E-state index in [1.165, 1.54) is 19.2 Å². The lowest BCUT2D eigenvalue weighted by molar-refractivity contribution is -0.147. The number of esters is 1. The van der Waals surface area contributed by atoms with Crippen molar-refractivity contribution in [2.45, 2.75) is 46.1 Å².